The van der Waals surface area contributed by atoms with Crippen LogP contribution in [-0.2, 0) is 14.8 Å². The molecule has 0 aliphatic carbocycles. The van der Waals surface area contributed by atoms with Crippen LogP contribution < -0.4 is 10.1 Å². The molecule has 0 unspecified atom stereocenters. The molecule has 0 saturated heterocycles. The summed E-state index contributed by atoms with van der Waals surface area (Å²) in [5, 5.41) is 2.62. The zero-order valence-corrected chi connectivity index (χ0v) is 17.7. The van der Waals surface area contributed by atoms with Crippen molar-refractivity contribution in [1.29, 1.82) is 0 Å². The number of anilines is 1. The number of rotatable bonds is 6. The molecule has 0 fully saturated rings. The van der Waals surface area contributed by atoms with Crippen molar-refractivity contribution in [3.05, 3.63) is 51.7 Å². The quantitative estimate of drug-likeness (QED) is 0.718. The van der Waals surface area contributed by atoms with Crippen molar-refractivity contribution in [1.82, 2.24) is 4.31 Å². The molecule has 0 atom stereocenters. The number of sulfonamides is 1. The highest BCUT2D eigenvalue weighted by Crippen LogP contribution is 2.26. The van der Waals surface area contributed by atoms with Crippen LogP contribution in [0.15, 0.2) is 39.7 Å². The smallest absolute Gasteiger partial charge is 0.262 e. The van der Waals surface area contributed by atoms with E-state index in [4.69, 9.17) is 4.74 Å². The van der Waals surface area contributed by atoms with E-state index in [1.165, 1.54) is 32.3 Å². The summed E-state index contributed by atoms with van der Waals surface area (Å²) in [5.41, 5.74) is 1.81. The maximum atomic E-state index is 13.7. The second kappa shape index (κ2) is 8.37. The minimum Gasteiger partial charge on any atom is -0.481 e. The summed E-state index contributed by atoms with van der Waals surface area (Å²) in [5.74, 6) is -1.17. The Labute approximate surface area is 166 Å². The second-order valence-electron chi connectivity index (χ2n) is 6.11. The summed E-state index contributed by atoms with van der Waals surface area (Å²) in [7, 11) is -0.775. The van der Waals surface area contributed by atoms with Crippen LogP contribution in [0, 0.1) is 19.7 Å². The number of benzene rings is 2. The van der Waals surface area contributed by atoms with Gasteiger partial charge >= 0.3 is 0 Å². The molecule has 0 saturated carbocycles. The van der Waals surface area contributed by atoms with Crippen LogP contribution in [0.5, 0.6) is 5.75 Å². The summed E-state index contributed by atoms with van der Waals surface area (Å²) < 4.78 is 45.3. The first-order valence-electron chi connectivity index (χ1n) is 7.94. The lowest BCUT2D eigenvalue weighted by atomic mass is 10.1. The molecule has 0 radical (unpaired) electrons. The van der Waals surface area contributed by atoms with Gasteiger partial charge in [0.25, 0.3) is 5.91 Å². The Morgan fingerprint density at radius 1 is 1.22 bits per heavy atom. The molecule has 2 aromatic rings. The van der Waals surface area contributed by atoms with Crippen molar-refractivity contribution in [3.63, 3.8) is 0 Å². The number of nitrogens with one attached hydrogen (secondary N) is 1. The molecule has 0 bridgehead atoms. The first kappa shape index (κ1) is 21.3. The Kier molecular flexibility index (Phi) is 6.61. The van der Waals surface area contributed by atoms with Crippen molar-refractivity contribution in [2.45, 2.75) is 18.7 Å². The van der Waals surface area contributed by atoms with E-state index in [2.05, 4.69) is 21.2 Å². The SMILES string of the molecule is Cc1cc(S(=O)(=O)N(C)C)cc(NC(=O)COc2ccc(Br)cc2F)c1C. The van der Waals surface area contributed by atoms with Gasteiger partial charge in [0.15, 0.2) is 18.2 Å². The van der Waals surface area contributed by atoms with E-state index < -0.39 is 28.4 Å². The van der Waals surface area contributed by atoms with E-state index in [1.54, 1.807) is 26.0 Å². The van der Waals surface area contributed by atoms with Gasteiger partial charge in [-0.1, -0.05) is 15.9 Å². The van der Waals surface area contributed by atoms with Gasteiger partial charge in [0, 0.05) is 24.3 Å². The first-order valence-corrected chi connectivity index (χ1v) is 10.2. The van der Waals surface area contributed by atoms with Crippen molar-refractivity contribution in [2.75, 3.05) is 26.0 Å². The van der Waals surface area contributed by atoms with Gasteiger partial charge in [-0.15, -0.1) is 0 Å². The zero-order chi connectivity index (χ0) is 20.4. The van der Waals surface area contributed by atoms with E-state index in [9.17, 15) is 17.6 Å². The number of ether oxygens (including phenoxy) is 1. The fourth-order valence-corrected chi connectivity index (χ4v) is 3.58. The summed E-state index contributed by atoms with van der Waals surface area (Å²) in [6.45, 7) is 3.11. The maximum Gasteiger partial charge on any atom is 0.262 e. The van der Waals surface area contributed by atoms with Gasteiger partial charge < -0.3 is 10.1 Å². The normalized spacial score (nSPS) is 11.5. The molecular formula is C18H20BrFN2O4S. The molecule has 2 rings (SSSR count). The molecular weight excluding hydrogens is 439 g/mol. The fourth-order valence-electron chi connectivity index (χ4n) is 2.24. The Balaban J connectivity index is 2.18. The molecule has 2 aromatic carbocycles. The molecule has 146 valence electrons. The number of carbonyl (C=O) groups excluding carboxylic acids is 1. The van der Waals surface area contributed by atoms with E-state index in [-0.39, 0.29) is 10.6 Å². The molecule has 0 heterocycles. The molecule has 1 N–H and O–H groups in total. The molecule has 0 aromatic heterocycles. The lowest BCUT2D eigenvalue weighted by molar-refractivity contribution is -0.118. The van der Waals surface area contributed by atoms with Crippen molar-refractivity contribution < 1.29 is 22.3 Å². The number of halogens is 2. The lowest BCUT2D eigenvalue weighted by Gasteiger charge is -2.16. The summed E-state index contributed by atoms with van der Waals surface area (Å²) in [4.78, 5) is 12.3. The molecule has 27 heavy (non-hydrogen) atoms. The van der Waals surface area contributed by atoms with Crippen molar-refractivity contribution >= 4 is 37.5 Å². The standard InChI is InChI=1S/C18H20BrFN2O4S/c1-11-7-14(27(24,25)22(3)4)9-16(12(11)2)21-18(23)10-26-17-6-5-13(19)8-15(17)20/h5-9H,10H2,1-4H3,(H,21,23). The zero-order valence-electron chi connectivity index (χ0n) is 15.3. The highest BCUT2D eigenvalue weighted by atomic mass is 79.9. The molecule has 1 amide bonds. The van der Waals surface area contributed by atoms with Crippen LogP contribution in [0.2, 0.25) is 0 Å². The van der Waals surface area contributed by atoms with Gasteiger partial charge in [-0.25, -0.2) is 17.1 Å². The van der Waals surface area contributed by atoms with E-state index >= 15 is 0 Å². The van der Waals surface area contributed by atoms with Crippen LogP contribution in [0.3, 0.4) is 0 Å². The average molecular weight is 459 g/mol. The number of amides is 1. The summed E-state index contributed by atoms with van der Waals surface area (Å²) in [6.07, 6.45) is 0. The number of nitrogens with zero attached hydrogens (tertiary/aromatic N) is 1. The minimum absolute atomic E-state index is 0.0508. The summed E-state index contributed by atoms with van der Waals surface area (Å²) >= 11 is 3.14. The van der Waals surface area contributed by atoms with Gasteiger partial charge in [0.1, 0.15) is 0 Å². The number of hydrogen-bond acceptors (Lipinski definition) is 4. The molecule has 9 heteroatoms. The third-order valence-corrected chi connectivity index (χ3v) is 6.23. The number of hydrogen-bond donors (Lipinski definition) is 1. The molecule has 0 aliphatic heterocycles. The predicted octanol–water partition coefficient (Wildman–Crippen LogP) is 3.47. The van der Waals surface area contributed by atoms with Crippen LogP contribution in [0.4, 0.5) is 10.1 Å². The monoisotopic (exact) mass is 458 g/mol. The Bertz CT molecular complexity index is 978. The average Bonchev–Trinajstić information content (AvgIpc) is 2.57. The van der Waals surface area contributed by atoms with E-state index in [0.717, 1.165) is 9.87 Å². The predicted molar refractivity (Wildman–Crippen MR) is 105 cm³/mol. The van der Waals surface area contributed by atoms with Crippen molar-refractivity contribution in [3.8, 4) is 5.75 Å². The van der Waals surface area contributed by atoms with Gasteiger partial charge in [-0.05, 0) is 55.3 Å². The molecule has 0 aliphatic rings. The Morgan fingerprint density at radius 3 is 2.48 bits per heavy atom. The Hall–Kier alpha value is -1.97. The number of carbonyl (C=O) groups is 1. The van der Waals surface area contributed by atoms with Crippen LogP contribution in [0.1, 0.15) is 11.1 Å². The summed E-state index contributed by atoms with van der Waals surface area (Å²) in [6, 6.07) is 7.19. The number of aryl methyl sites for hydroxylation is 1. The molecule has 6 nitrogen and oxygen atoms in total. The van der Waals surface area contributed by atoms with Gasteiger partial charge in [0.2, 0.25) is 10.0 Å². The molecule has 0 spiro atoms. The van der Waals surface area contributed by atoms with Gasteiger partial charge in [-0.3, -0.25) is 4.79 Å². The van der Waals surface area contributed by atoms with Gasteiger partial charge in [-0.2, -0.15) is 0 Å². The minimum atomic E-state index is -3.64. The van der Waals surface area contributed by atoms with Crippen molar-refractivity contribution in [2.24, 2.45) is 0 Å². The largest absolute Gasteiger partial charge is 0.481 e. The van der Waals surface area contributed by atoms with Crippen LogP contribution >= 0.6 is 15.9 Å². The maximum absolute atomic E-state index is 13.7. The highest BCUT2D eigenvalue weighted by Gasteiger charge is 2.20. The Morgan fingerprint density at radius 2 is 1.89 bits per heavy atom. The third-order valence-electron chi connectivity index (χ3n) is 3.95. The van der Waals surface area contributed by atoms with Crippen LogP contribution in [0.25, 0.3) is 0 Å². The highest BCUT2D eigenvalue weighted by molar-refractivity contribution is 9.10. The topological polar surface area (TPSA) is 75.7 Å². The van der Waals surface area contributed by atoms with E-state index in [1.807, 2.05) is 0 Å². The first-order chi connectivity index (χ1) is 12.5. The lowest BCUT2D eigenvalue weighted by Crippen LogP contribution is -2.24. The third kappa shape index (κ3) is 5.06. The second-order valence-corrected chi connectivity index (χ2v) is 9.18. The van der Waals surface area contributed by atoms with E-state index in [0.29, 0.717) is 15.7 Å². The fraction of sp³-hybridized carbons (Fsp3) is 0.278. The van der Waals surface area contributed by atoms with Gasteiger partial charge in [0.05, 0.1) is 4.90 Å². The van der Waals surface area contributed by atoms with Crippen LogP contribution in [-0.4, -0.2) is 39.3 Å².